The van der Waals surface area contributed by atoms with E-state index in [2.05, 4.69) is 36.1 Å². The Morgan fingerprint density at radius 1 is 1.46 bits per heavy atom. The molecule has 0 aliphatic carbocycles. The van der Waals surface area contributed by atoms with Crippen molar-refractivity contribution < 1.29 is 0 Å². The maximum atomic E-state index is 4.26. The Bertz CT molecular complexity index is 295. The van der Waals surface area contributed by atoms with Crippen molar-refractivity contribution in [2.24, 2.45) is 5.41 Å². The Hall–Kier alpha value is -0.990. The highest BCUT2D eigenvalue weighted by Gasteiger charge is 2.28. The summed E-state index contributed by atoms with van der Waals surface area (Å²) < 4.78 is 0. The van der Waals surface area contributed by atoms with Gasteiger partial charge in [-0.1, -0.05) is 20.8 Å². The fraction of sp³-hybridized carbons (Fsp3) is 0.700. The Morgan fingerprint density at radius 3 is 2.92 bits per heavy atom. The van der Waals surface area contributed by atoms with E-state index in [9.17, 15) is 0 Å². The second-order valence-corrected chi connectivity index (χ2v) is 4.83. The lowest BCUT2D eigenvalue weighted by Crippen LogP contribution is -2.37. The molecule has 0 spiro atoms. The predicted octanol–water partition coefficient (Wildman–Crippen LogP) is 2.18. The van der Waals surface area contributed by atoms with Gasteiger partial charge in [-0.3, -0.25) is 0 Å². The maximum absolute atomic E-state index is 4.26. The first-order valence-electron chi connectivity index (χ1n) is 4.86. The van der Waals surface area contributed by atoms with Gasteiger partial charge in [0.2, 0.25) is 0 Å². The molecule has 0 radical (unpaired) electrons. The van der Waals surface area contributed by atoms with Gasteiger partial charge in [-0.15, -0.1) is 0 Å². The average Bonchev–Trinajstić information content (AvgIpc) is 2.47. The van der Waals surface area contributed by atoms with Crippen molar-refractivity contribution in [2.45, 2.75) is 39.7 Å². The fourth-order valence-electron chi connectivity index (χ4n) is 1.81. The van der Waals surface area contributed by atoms with Crippen LogP contribution in [0.3, 0.4) is 0 Å². The number of hydrogen-bond donors (Lipinski definition) is 2. The van der Waals surface area contributed by atoms with Crippen molar-refractivity contribution in [3.8, 4) is 0 Å². The summed E-state index contributed by atoms with van der Waals surface area (Å²) in [6, 6.07) is 0.556. The van der Waals surface area contributed by atoms with Gasteiger partial charge < -0.3 is 10.3 Å². The molecule has 0 aromatic carbocycles. The Morgan fingerprint density at radius 2 is 2.23 bits per heavy atom. The molecule has 2 N–H and O–H groups in total. The molecule has 0 amide bonds. The first-order valence-corrected chi connectivity index (χ1v) is 4.86. The number of hydrogen-bond acceptors (Lipinski definition) is 2. The van der Waals surface area contributed by atoms with Crippen LogP contribution in [-0.2, 0) is 6.42 Å². The van der Waals surface area contributed by atoms with Gasteiger partial charge in [0, 0.05) is 6.04 Å². The van der Waals surface area contributed by atoms with E-state index in [-0.39, 0.29) is 0 Å². The minimum absolute atomic E-state index is 0.322. The zero-order chi connectivity index (χ0) is 9.47. The molecule has 1 aromatic heterocycles. The van der Waals surface area contributed by atoms with Crippen LogP contribution in [0.1, 0.15) is 32.9 Å². The molecule has 13 heavy (non-hydrogen) atoms. The lowest BCUT2D eigenvalue weighted by Gasteiger charge is -2.34. The summed E-state index contributed by atoms with van der Waals surface area (Å²) in [7, 11) is 0. The van der Waals surface area contributed by atoms with E-state index in [1.54, 1.807) is 6.33 Å². The first kappa shape index (κ1) is 8.60. The van der Waals surface area contributed by atoms with Crippen LogP contribution in [0.15, 0.2) is 6.33 Å². The van der Waals surface area contributed by atoms with Crippen molar-refractivity contribution in [1.82, 2.24) is 9.97 Å². The normalized spacial score (nSPS) is 22.2. The highest BCUT2D eigenvalue weighted by atomic mass is 15.1. The van der Waals surface area contributed by atoms with E-state index in [1.807, 2.05) is 0 Å². The van der Waals surface area contributed by atoms with Gasteiger partial charge in [-0.05, 0) is 18.3 Å². The standard InChI is InChI=1S/C10H17N3/c1-10(2,3)8-5-4-7-9(13-8)12-6-11-7/h6,8,13H,4-5H2,1-3H3,(H,11,12). The molecule has 0 saturated heterocycles. The van der Waals surface area contributed by atoms with Crippen molar-refractivity contribution in [3.63, 3.8) is 0 Å². The van der Waals surface area contributed by atoms with E-state index in [0.29, 0.717) is 11.5 Å². The number of rotatable bonds is 0. The second kappa shape index (κ2) is 2.76. The number of nitrogens with one attached hydrogen (secondary N) is 2. The SMILES string of the molecule is CC(C)(C)C1CCc2nc[nH]c2N1. The van der Waals surface area contributed by atoms with Crippen LogP contribution in [0.25, 0.3) is 0 Å². The Kier molecular flexibility index (Phi) is 1.82. The van der Waals surface area contributed by atoms with Gasteiger partial charge >= 0.3 is 0 Å². The molecule has 3 heteroatoms. The third-order valence-electron chi connectivity index (χ3n) is 2.75. The van der Waals surface area contributed by atoms with Crippen LogP contribution in [0.4, 0.5) is 5.82 Å². The molecule has 1 aliphatic heterocycles. The van der Waals surface area contributed by atoms with E-state index in [1.165, 1.54) is 12.1 Å². The summed E-state index contributed by atoms with van der Waals surface area (Å²) in [5.74, 6) is 1.12. The topological polar surface area (TPSA) is 40.7 Å². The van der Waals surface area contributed by atoms with Gasteiger partial charge in [-0.25, -0.2) is 4.98 Å². The maximum Gasteiger partial charge on any atom is 0.126 e. The molecule has 1 atom stereocenters. The Labute approximate surface area is 79.0 Å². The number of imidazole rings is 1. The second-order valence-electron chi connectivity index (χ2n) is 4.83. The van der Waals surface area contributed by atoms with Crippen molar-refractivity contribution >= 4 is 5.82 Å². The van der Waals surface area contributed by atoms with Crippen LogP contribution in [0.5, 0.6) is 0 Å². The molecule has 1 unspecified atom stereocenters. The third-order valence-corrected chi connectivity index (χ3v) is 2.75. The molecule has 2 rings (SSSR count). The zero-order valence-corrected chi connectivity index (χ0v) is 8.52. The predicted molar refractivity (Wildman–Crippen MR) is 53.8 cm³/mol. The summed E-state index contributed by atoms with van der Waals surface area (Å²) >= 11 is 0. The molecule has 2 heterocycles. The largest absolute Gasteiger partial charge is 0.367 e. The molecule has 0 fully saturated rings. The minimum Gasteiger partial charge on any atom is -0.367 e. The number of H-pyrrole nitrogens is 1. The van der Waals surface area contributed by atoms with Crippen molar-refractivity contribution in [2.75, 3.05) is 5.32 Å². The van der Waals surface area contributed by atoms with E-state index >= 15 is 0 Å². The van der Waals surface area contributed by atoms with Gasteiger partial charge in [0.25, 0.3) is 0 Å². The van der Waals surface area contributed by atoms with Crippen LogP contribution in [0, 0.1) is 5.41 Å². The van der Waals surface area contributed by atoms with Crippen molar-refractivity contribution in [3.05, 3.63) is 12.0 Å². The number of aromatic amines is 1. The van der Waals surface area contributed by atoms with Gasteiger partial charge in [0.1, 0.15) is 5.82 Å². The molecule has 3 nitrogen and oxygen atoms in total. The van der Waals surface area contributed by atoms with Crippen LogP contribution in [-0.4, -0.2) is 16.0 Å². The number of nitrogens with zero attached hydrogens (tertiary/aromatic N) is 1. The van der Waals surface area contributed by atoms with Crippen LogP contribution >= 0.6 is 0 Å². The smallest absolute Gasteiger partial charge is 0.126 e. The minimum atomic E-state index is 0.322. The first-order chi connectivity index (χ1) is 6.07. The van der Waals surface area contributed by atoms with Gasteiger partial charge in [0.05, 0.1) is 12.0 Å². The molecule has 1 aromatic rings. The average molecular weight is 179 g/mol. The zero-order valence-electron chi connectivity index (χ0n) is 8.52. The number of fused-ring (bicyclic) bond motifs is 1. The molecular weight excluding hydrogens is 162 g/mol. The molecule has 1 aliphatic rings. The van der Waals surface area contributed by atoms with E-state index in [0.717, 1.165) is 12.2 Å². The molecule has 72 valence electrons. The lowest BCUT2D eigenvalue weighted by atomic mass is 9.82. The van der Waals surface area contributed by atoms with Gasteiger partial charge in [-0.2, -0.15) is 0 Å². The van der Waals surface area contributed by atoms with Crippen LogP contribution in [0.2, 0.25) is 0 Å². The highest BCUT2D eigenvalue weighted by Crippen LogP contribution is 2.30. The summed E-state index contributed by atoms with van der Waals surface area (Å²) in [4.78, 5) is 7.39. The quantitative estimate of drug-likeness (QED) is 0.641. The lowest BCUT2D eigenvalue weighted by molar-refractivity contribution is 0.319. The fourth-order valence-corrected chi connectivity index (χ4v) is 1.81. The monoisotopic (exact) mass is 179 g/mol. The van der Waals surface area contributed by atoms with E-state index < -0.39 is 0 Å². The van der Waals surface area contributed by atoms with E-state index in [4.69, 9.17) is 0 Å². The van der Waals surface area contributed by atoms with Crippen molar-refractivity contribution in [1.29, 1.82) is 0 Å². The summed E-state index contributed by atoms with van der Waals surface area (Å²) in [5, 5.41) is 3.50. The summed E-state index contributed by atoms with van der Waals surface area (Å²) in [6.07, 6.45) is 4.04. The molecule has 0 saturated carbocycles. The van der Waals surface area contributed by atoms with Crippen LogP contribution < -0.4 is 5.32 Å². The summed E-state index contributed by atoms with van der Waals surface area (Å²) in [6.45, 7) is 6.81. The van der Waals surface area contributed by atoms with Gasteiger partial charge in [0.15, 0.2) is 0 Å². The molecule has 0 bridgehead atoms. The summed E-state index contributed by atoms with van der Waals surface area (Å²) in [5.41, 5.74) is 1.50. The number of aromatic nitrogens is 2. The third kappa shape index (κ3) is 1.55. The number of aryl methyl sites for hydroxylation is 1. The number of anilines is 1. The highest BCUT2D eigenvalue weighted by molar-refractivity contribution is 5.44. The Balaban J connectivity index is 2.18. The molecular formula is C10H17N3.